The third-order valence-electron chi connectivity index (χ3n) is 2.52. The minimum atomic E-state index is -4.80. The molecule has 0 saturated carbocycles. The van der Waals surface area contributed by atoms with Crippen LogP contribution in [0.15, 0.2) is 28.8 Å². The van der Waals surface area contributed by atoms with Crippen molar-refractivity contribution in [3.8, 4) is 0 Å². The van der Waals surface area contributed by atoms with Crippen LogP contribution in [-0.4, -0.2) is 16.2 Å². The highest BCUT2D eigenvalue weighted by molar-refractivity contribution is 5.85. The average molecular weight is 304 g/mol. The van der Waals surface area contributed by atoms with E-state index < -0.39 is 23.5 Å². The third-order valence-corrected chi connectivity index (χ3v) is 2.52. The Kier molecular flexibility index (Phi) is 3.83. The summed E-state index contributed by atoms with van der Waals surface area (Å²) in [5, 5.41) is 14.4. The first kappa shape index (κ1) is 14.8. The van der Waals surface area contributed by atoms with Gasteiger partial charge in [0.15, 0.2) is 11.5 Å². The van der Waals surface area contributed by atoms with Gasteiger partial charge in [-0.15, -0.1) is 0 Å². The van der Waals surface area contributed by atoms with Crippen molar-refractivity contribution in [2.75, 3.05) is 5.32 Å². The molecule has 1 heterocycles. The summed E-state index contributed by atoms with van der Waals surface area (Å²) in [7, 11) is 0. The highest BCUT2D eigenvalue weighted by Gasteiger charge is 2.34. The summed E-state index contributed by atoms with van der Waals surface area (Å²) in [6.07, 6.45) is -4.80. The molecule has 0 saturated heterocycles. The van der Waals surface area contributed by atoms with Crippen molar-refractivity contribution in [3.05, 3.63) is 47.1 Å². The van der Waals surface area contributed by atoms with Crippen LogP contribution in [0.25, 0.3) is 0 Å². The van der Waals surface area contributed by atoms with Gasteiger partial charge in [-0.1, -0.05) is 5.16 Å². The monoisotopic (exact) mass is 304 g/mol. The molecule has 0 amide bonds. The number of rotatable bonds is 4. The van der Waals surface area contributed by atoms with Crippen molar-refractivity contribution < 1.29 is 32.0 Å². The van der Waals surface area contributed by atoms with E-state index >= 15 is 0 Å². The van der Waals surface area contributed by atoms with E-state index in [0.717, 1.165) is 12.1 Å². The Hall–Kier alpha value is -2.58. The van der Waals surface area contributed by atoms with Gasteiger partial charge in [-0.05, 0) is 18.2 Å². The number of halogens is 4. The van der Waals surface area contributed by atoms with E-state index in [1.54, 1.807) is 0 Å². The van der Waals surface area contributed by atoms with Crippen LogP contribution in [0.3, 0.4) is 0 Å². The molecule has 5 nitrogen and oxygen atoms in total. The van der Waals surface area contributed by atoms with E-state index in [9.17, 15) is 22.4 Å². The standard InChI is InChI=1S/C12H8F4N2O3/c13-9-2-1-6(3-8(9)12(14,15)16)17-5-7-4-10(11(19)20)18-21-7/h1-4,17H,5H2,(H,19,20). The van der Waals surface area contributed by atoms with Crippen LogP contribution in [0, 0.1) is 5.82 Å². The minimum absolute atomic E-state index is 0.0111. The molecule has 0 radical (unpaired) electrons. The number of carboxylic acid groups (broad SMARTS) is 1. The zero-order valence-electron chi connectivity index (χ0n) is 10.2. The second-order valence-corrected chi connectivity index (χ2v) is 4.03. The fourth-order valence-corrected chi connectivity index (χ4v) is 1.54. The van der Waals surface area contributed by atoms with Gasteiger partial charge in [0.25, 0.3) is 0 Å². The summed E-state index contributed by atoms with van der Waals surface area (Å²) < 4.78 is 55.3. The number of aromatic nitrogens is 1. The molecule has 1 aromatic carbocycles. The van der Waals surface area contributed by atoms with Crippen molar-refractivity contribution in [1.29, 1.82) is 0 Å². The maximum Gasteiger partial charge on any atom is 0.419 e. The van der Waals surface area contributed by atoms with Gasteiger partial charge in [0.2, 0.25) is 0 Å². The Morgan fingerprint density at radius 2 is 2.05 bits per heavy atom. The number of nitrogens with zero attached hydrogens (tertiary/aromatic N) is 1. The molecule has 2 aromatic rings. The fraction of sp³-hybridized carbons (Fsp3) is 0.167. The predicted molar refractivity (Wildman–Crippen MR) is 62.2 cm³/mol. The van der Waals surface area contributed by atoms with Crippen LogP contribution in [0.5, 0.6) is 0 Å². The number of alkyl halides is 3. The van der Waals surface area contributed by atoms with E-state index in [-0.39, 0.29) is 23.7 Å². The van der Waals surface area contributed by atoms with E-state index in [2.05, 4.69) is 15.0 Å². The summed E-state index contributed by atoms with van der Waals surface area (Å²) in [6.45, 7) is -0.0940. The van der Waals surface area contributed by atoms with Gasteiger partial charge in [0.1, 0.15) is 5.82 Å². The first-order chi connectivity index (χ1) is 9.77. The summed E-state index contributed by atoms with van der Waals surface area (Å²) >= 11 is 0. The topological polar surface area (TPSA) is 75.4 Å². The van der Waals surface area contributed by atoms with Crippen LogP contribution in [-0.2, 0) is 12.7 Å². The number of nitrogens with one attached hydrogen (secondary N) is 1. The quantitative estimate of drug-likeness (QED) is 0.849. The lowest BCUT2D eigenvalue weighted by Crippen LogP contribution is -2.09. The Bertz CT molecular complexity index is 667. The highest BCUT2D eigenvalue weighted by Crippen LogP contribution is 2.33. The summed E-state index contributed by atoms with van der Waals surface area (Å²) in [4.78, 5) is 10.6. The molecule has 0 aliphatic carbocycles. The number of carboxylic acids is 1. The SMILES string of the molecule is O=C(O)c1cc(CNc2ccc(F)c(C(F)(F)F)c2)on1. The predicted octanol–water partition coefficient (Wildman–Crippen LogP) is 3.14. The van der Waals surface area contributed by atoms with Crippen LogP contribution in [0.4, 0.5) is 23.2 Å². The first-order valence-corrected chi connectivity index (χ1v) is 5.57. The lowest BCUT2D eigenvalue weighted by atomic mass is 10.2. The summed E-state index contributed by atoms with van der Waals surface area (Å²) in [6, 6.07) is 3.56. The zero-order valence-corrected chi connectivity index (χ0v) is 10.2. The molecule has 0 aliphatic heterocycles. The number of carbonyl (C=O) groups is 1. The number of aromatic carboxylic acids is 1. The smallest absolute Gasteiger partial charge is 0.419 e. The lowest BCUT2D eigenvalue weighted by molar-refractivity contribution is -0.139. The normalized spacial score (nSPS) is 11.4. The maximum absolute atomic E-state index is 13.1. The molecule has 21 heavy (non-hydrogen) atoms. The van der Waals surface area contributed by atoms with E-state index in [1.165, 1.54) is 0 Å². The van der Waals surface area contributed by atoms with Gasteiger partial charge < -0.3 is 14.9 Å². The second-order valence-electron chi connectivity index (χ2n) is 4.03. The van der Waals surface area contributed by atoms with Crippen molar-refractivity contribution in [1.82, 2.24) is 5.16 Å². The van der Waals surface area contributed by atoms with Crippen molar-refractivity contribution in [2.45, 2.75) is 12.7 Å². The molecule has 2 rings (SSSR count). The van der Waals surface area contributed by atoms with Crippen molar-refractivity contribution >= 4 is 11.7 Å². The van der Waals surface area contributed by atoms with Gasteiger partial charge in [-0.25, -0.2) is 9.18 Å². The lowest BCUT2D eigenvalue weighted by Gasteiger charge is -2.10. The molecule has 0 unspecified atom stereocenters. The zero-order chi connectivity index (χ0) is 15.6. The Labute approximate surface area is 115 Å². The molecule has 2 N–H and O–H groups in total. The van der Waals surface area contributed by atoms with E-state index in [4.69, 9.17) is 5.11 Å². The number of hydrogen-bond donors (Lipinski definition) is 2. The molecular weight excluding hydrogens is 296 g/mol. The fourth-order valence-electron chi connectivity index (χ4n) is 1.54. The molecule has 1 aromatic heterocycles. The summed E-state index contributed by atoms with van der Waals surface area (Å²) in [5.41, 5.74) is -1.70. The first-order valence-electron chi connectivity index (χ1n) is 5.57. The molecule has 0 aliphatic rings. The Balaban J connectivity index is 2.11. The van der Waals surface area contributed by atoms with Crippen molar-refractivity contribution in [2.24, 2.45) is 0 Å². The van der Waals surface area contributed by atoms with Gasteiger partial charge in [0.05, 0.1) is 12.1 Å². The molecule has 0 atom stereocenters. The molecule has 0 bridgehead atoms. The van der Waals surface area contributed by atoms with Gasteiger partial charge in [-0.2, -0.15) is 13.2 Å². The average Bonchev–Trinajstić information content (AvgIpc) is 2.85. The third kappa shape index (κ3) is 3.50. The molecule has 0 spiro atoms. The number of hydrogen-bond acceptors (Lipinski definition) is 4. The number of benzene rings is 1. The van der Waals surface area contributed by atoms with Crippen LogP contribution in [0.1, 0.15) is 21.8 Å². The number of anilines is 1. The van der Waals surface area contributed by atoms with Crippen LogP contribution < -0.4 is 5.32 Å². The highest BCUT2D eigenvalue weighted by atomic mass is 19.4. The second kappa shape index (κ2) is 5.43. The molecule has 9 heteroatoms. The van der Waals surface area contributed by atoms with Crippen molar-refractivity contribution in [3.63, 3.8) is 0 Å². The van der Waals surface area contributed by atoms with Gasteiger partial charge in [-0.3, -0.25) is 0 Å². The minimum Gasteiger partial charge on any atom is -0.476 e. The molecular formula is C12H8F4N2O3. The summed E-state index contributed by atoms with van der Waals surface area (Å²) in [5.74, 6) is -2.54. The van der Waals surface area contributed by atoms with Gasteiger partial charge in [0, 0.05) is 11.8 Å². The van der Waals surface area contributed by atoms with Crippen LogP contribution in [0.2, 0.25) is 0 Å². The van der Waals surface area contributed by atoms with E-state index in [0.29, 0.717) is 12.1 Å². The van der Waals surface area contributed by atoms with Crippen LogP contribution >= 0.6 is 0 Å². The maximum atomic E-state index is 13.1. The Morgan fingerprint density at radius 1 is 1.33 bits per heavy atom. The largest absolute Gasteiger partial charge is 0.476 e. The van der Waals surface area contributed by atoms with Gasteiger partial charge >= 0.3 is 12.1 Å². The van der Waals surface area contributed by atoms with E-state index in [1.807, 2.05) is 0 Å². The Morgan fingerprint density at radius 3 is 2.62 bits per heavy atom. The molecule has 112 valence electrons. The molecule has 0 fully saturated rings.